The van der Waals surface area contributed by atoms with Gasteiger partial charge in [-0.15, -0.1) is 0 Å². The molecule has 2 fully saturated rings. The molecule has 3 aliphatic rings. The molecule has 3 unspecified atom stereocenters. The Morgan fingerprint density at radius 1 is 1.09 bits per heavy atom. The third kappa shape index (κ3) is 3.57. The van der Waals surface area contributed by atoms with Crippen LogP contribution in [0.3, 0.4) is 0 Å². The lowest BCUT2D eigenvalue weighted by Gasteiger charge is -2.39. The molecule has 184 valence electrons. The summed E-state index contributed by atoms with van der Waals surface area (Å²) in [4.78, 5) is 27.9. The Morgan fingerprint density at radius 2 is 1.70 bits per heavy atom. The van der Waals surface area contributed by atoms with Crippen LogP contribution in [-0.2, 0) is 4.74 Å². The van der Waals surface area contributed by atoms with Gasteiger partial charge in [0.15, 0.2) is 0 Å². The van der Waals surface area contributed by atoms with Crippen LogP contribution in [0.2, 0.25) is 0 Å². The van der Waals surface area contributed by atoms with Crippen molar-refractivity contribution in [1.29, 1.82) is 0 Å². The molecule has 0 spiro atoms. The van der Waals surface area contributed by atoms with Crippen molar-refractivity contribution < 1.29 is 35.5 Å². The molecule has 1 aromatic heterocycles. The van der Waals surface area contributed by atoms with Gasteiger partial charge < -0.3 is 10.5 Å². The molecule has 3 N–H and O–H groups in total. The van der Waals surface area contributed by atoms with Gasteiger partial charge >= 0.3 is 18.0 Å². The molecule has 0 radical (unpaired) electrons. The summed E-state index contributed by atoms with van der Waals surface area (Å²) in [7, 11) is 1.14. The molecule has 0 bridgehead atoms. The van der Waals surface area contributed by atoms with E-state index in [-0.39, 0.29) is 28.9 Å². The van der Waals surface area contributed by atoms with Crippen LogP contribution < -0.4 is 27.6 Å². The number of hydrogen-bond acceptors (Lipinski definition) is 5. The van der Waals surface area contributed by atoms with Crippen molar-refractivity contribution in [3.8, 4) is 0 Å². The molecule has 0 amide bonds. The number of nitrogens with one attached hydrogen (secondary N) is 1. The van der Waals surface area contributed by atoms with Gasteiger partial charge in [0.1, 0.15) is 18.0 Å². The van der Waals surface area contributed by atoms with E-state index in [0.717, 1.165) is 18.1 Å². The van der Waals surface area contributed by atoms with E-state index in [4.69, 9.17) is 10.5 Å². The summed E-state index contributed by atoms with van der Waals surface area (Å²) in [5.74, 6) is -2.29. The molecular weight excluding hydrogens is 465 g/mol. The minimum Gasteiger partial charge on any atom is -0.497 e. The largest absolute Gasteiger partial charge is 0.497 e. The maximum absolute atomic E-state index is 15.2. The first-order valence-electron chi connectivity index (χ1n) is 10.2. The van der Waals surface area contributed by atoms with E-state index in [9.17, 15) is 35.9 Å². The Morgan fingerprint density at radius 3 is 2.21 bits per heavy atom. The molecular formula is C19H21F7N4O3. The second kappa shape index (κ2) is 7.58. The van der Waals surface area contributed by atoms with Crippen LogP contribution in [0, 0.1) is 5.92 Å². The van der Waals surface area contributed by atoms with Gasteiger partial charge in [0.2, 0.25) is 5.54 Å². The number of aromatic nitrogens is 2. The maximum Gasteiger partial charge on any atom is 0.415 e. The van der Waals surface area contributed by atoms with Crippen molar-refractivity contribution >= 4 is 11.8 Å². The van der Waals surface area contributed by atoms with E-state index in [1.54, 1.807) is 0 Å². The van der Waals surface area contributed by atoms with Crippen molar-refractivity contribution in [2.24, 2.45) is 11.7 Å². The standard InChI is InChI=1S/C19H21F7N4O3/c1-33-14-12-10(15(31)28-16(32)30(12)9-2-3-9)6-11(20)13(14)29-5-4-8(7-29)17(27,18(21,22)23)19(24,25)26/h6,8-9,11,13H,2-5,7,27H2,1H3,(H,28,31,32). The highest BCUT2D eigenvalue weighted by atomic mass is 19.4. The number of aromatic amines is 1. The zero-order valence-electron chi connectivity index (χ0n) is 17.3. The number of H-pyrrole nitrogens is 1. The lowest BCUT2D eigenvalue weighted by Crippen LogP contribution is -2.68. The van der Waals surface area contributed by atoms with Crippen LogP contribution in [0.25, 0.3) is 11.8 Å². The van der Waals surface area contributed by atoms with E-state index in [0.29, 0.717) is 12.8 Å². The highest BCUT2D eigenvalue weighted by Crippen LogP contribution is 2.49. The number of halogens is 7. The first-order valence-corrected chi connectivity index (χ1v) is 10.2. The Kier molecular flexibility index (Phi) is 5.47. The molecule has 1 aromatic rings. The quantitative estimate of drug-likeness (QED) is 0.597. The average molecular weight is 486 g/mol. The van der Waals surface area contributed by atoms with Crippen molar-refractivity contribution in [2.45, 2.75) is 55.4 Å². The number of fused-ring (bicyclic) bond motifs is 1. The lowest BCUT2D eigenvalue weighted by atomic mass is 9.82. The first-order chi connectivity index (χ1) is 15.2. The molecule has 0 aromatic carbocycles. The Bertz CT molecular complexity index is 1170. The molecule has 2 aliphatic carbocycles. The number of likely N-dealkylation sites (tertiary alicyclic amines) is 1. The smallest absolute Gasteiger partial charge is 0.415 e. The van der Waals surface area contributed by atoms with Gasteiger partial charge in [-0.3, -0.25) is 19.2 Å². The van der Waals surface area contributed by atoms with Crippen LogP contribution in [0.4, 0.5) is 30.7 Å². The molecule has 7 nitrogen and oxygen atoms in total. The number of nitrogens with two attached hydrogens (primary N) is 1. The van der Waals surface area contributed by atoms with Gasteiger partial charge in [0.25, 0.3) is 5.56 Å². The van der Waals surface area contributed by atoms with E-state index < -0.39 is 60.2 Å². The lowest BCUT2D eigenvalue weighted by molar-refractivity contribution is -0.310. The van der Waals surface area contributed by atoms with Crippen molar-refractivity contribution in [2.75, 3.05) is 20.2 Å². The van der Waals surface area contributed by atoms with Gasteiger partial charge in [-0.25, -0.2) is 9.18 Å². The second-order valence-corrected chi connectivity index (χ2v) is 8.59. The Hall–Kier alpha value is -2.35. The van der Waals surface area contributed by atoms with Gasteiger partial charge in [0, 0.05) is 18.5 Å². The van der Waals surface area contributed by atoms with Gasteiger partial charge in [0.05, 0.1) is 17.7 Å². The summed E-state index contributed by atoms with van der Waals surface area (Å²) in [6, 6.07) is -1.71. The predicted octanol–water partition coefficient (Wildman–Crippen LogP) is 0.271. The Balaban J connectivity index is 1.81. The number of rotatable bonds is 4. The summed E-state index contributed by atoms with van der Waals surface area (Å²) >= 11 is 0. The van der Waals surface area contributed by atoms with E-state index >= 15 is 4.39 Å². The fraction of sp³-hybridized carbons (Fsp3) is 0.684. The molecule has 14 heteroatoms. The zero-order chi connectivity index (χ0) is 24.5. The fourth-order valence-electron chi connectivity index (χ4n) is 4.81. The van der Waals surface area contributed by atoms with Crippen LogP contribution in [0.15, 0.2) is 9.59 Å². The number of ether oxygens (including phenoxy) is 1. The van der Waals surface area contributed by atoms with Crippen LogP contribution >= 0.6 is 0 Å². The van der Waals surface area contributed by atoms with Crippen molar-refractivity contribution in [1.82, 2.24) is 14.5 Å². The third-order valence-corrected chi connectivity index (χ3v) is 6.64. The van der Waals surface area contributed by atoms with Gasteiger partial charge in [-0.2, -0.15) is 26.3 Å². The SMILES string of the molecule is COC1=c2c(c(=O)[nH]c(=O)n2C2CC2)=CC(F)C1N1CCC(C(N)(C(F)(F)F)C(F)(F)F)C1. The van der Waals surface area contributed by atoms with Crippen LogP contribution in [0.1, 0.15) is 25.3 Å². The predicted molar refractivity (Wildman–Crippen MR) is 101 cm³/mol. The molecule has 4 rings (SSSR count). The summed E-state index contributed by atoms with van der Waals surface area (Å²) < 4.78 is 102. The van der Waals surface area contributed by atoms with Crippen molar-refractivity contribution in [3.05, 3.63) is 31.4 Å². The highest BCUT2D eigenvalue weighted by Gasteiger charge is 2.72. The molecule has 1 aliphatic heterocycles. The Labute approximate surface area is 181 Å². The van der Waals surface area contributed by atoms with E-state index in [2.05, 4.69) is 4.98 Å². The molecule has 3 atom stereocenters. The topological polar surface area (TPSA) is 93.3 Å². The van der Waals surface area contributed by atoms with Crippen molar-refractivity contribution in [3.63, 3.8) is 0 Å². The summed E-state index contributed by atoms with van der Waals surface area (Å²) in [5.41, 5.74) is -1.16. The molecule has 1 saturated heterocycles. The summed E-state index contributed by atoms with van der Waals surface area (Å²) in [6.45, 7) is -1.14. The summed E-state index contributed by atoms with van der Waals surface area (Å²) in [5, 5.41) is -0.182. The molecule has 1 saturated carbocycles. The second-order valence-electron chi connectivity index (χ2n) is 8.59. The average Bonchev–Trinajstić information content (AvgIpc) is 3.41. The number of nitrogens with zero attached hydrogens (tertiary/aromatic N) is 2. The molecule has 2 heterocycles. The highest BCUT2D eigenvalue weighted by molar-refractivity contribution is 5.53. The first kappa shape index (κ1) is 23.8. The van der Waals surface area contributed by atoms with Crippen LogP contribution in [-0.4, -0.2) is 64.8 Å². The minimum atomic E-state index is -5.78. The number of hydrogen-bond donors (Lipinski definition) is 2. The maximum atomic E-state index is 15.2. The zero-order valence-corrected chi connectivity index (χ0v) is 17.3. The number of alkyl halides is 7. The summed E-state index contributed by atoms with van der Waals surface area (Å²) in [6.07, 6.45) is -12.0. The fourth-order valence-corrected chi connectivity index (χ4v) is 4.81. The molecule has 33 heavy (non-hydrogen) atoms. The monoisotopic (exact) mass is 486 g/mol. The van der Waals surface area contributed by atoms with Crippen LogP contribution in [0.5, 0.6) is 0 Å². The minimum absolute atomic E-state index is 0.0123. The van der Waals surface area contributed by atoms with E-state index in [1.165, 1.54) is 4.57 Å². The normalized spacial score (nSPS) is 26.8. The number of methoxy groups -OCH3 is 1. The van der Waals surface area contributed by atoms with Gasteiger partial charge in [-0.1, -0.05) is 0 Å². The van der Waals surface area contributed by atoms with E-state index in [1.807, 2.05) is 0 Å². The third-order valence-electron chi connectivity index (χ3n) is 6.64. The van der Waals surface area contributed by atoms with Gasteiger partial charge in [-0.05, 0) is 31.9 Å².